The molecule has 1 aliphatic heterocycles. The van der Waals surface area contributed by atoms with E-state index in [2.05, 4.69) is 9.98 Å². The van der Waals surface area contributed by atoms with Crippen LogP contribution in [0.5, 0.6) is 0 Å². The van der Waals surface area contributed by atoms with Crippen LogP contribution >= 0.6 is 0 Å². The third kappa shape index (κ3) is 2.28. The maximum absolute atomic E-state index is 11.8. The summed E-state index contributed by atoms with van der Waals surface area (Å²) in [5.74, 6) is -0.0628. The minimum Gasteiger partial charge on any atom is -0.369 e. The average Bonchev–Trinajstić information content (AvgIpc) is 2.47. The molecule has 2 aliphatic rings. The van der Waals surface area contributed by atoms with Crippen LogP contribution in [0.15, 0.2) is 34.3 Å². The van der Waals surface area contributed by atoms with E-state index in [1.165, 1.54) is 0 Å². The number of hydrogen-bond acceptors (Lipinski definition) is 6. The van der Waals surface area contributed by atoms with Gasteiger partial charge in [-0.1, -0.05) is 18.6 Å². The van der Waals surface area contributed by atoms with Crippen molar-refractivity contribution >= 4 is 23.5 Å². The summed E-state index contributed by atoms with van der Waals surface area (Å²) in [4.78, 5) is 22.3. The molecular weight excluding hydrogens is 280 g/mol. The van der Waals surface area contributed by atoms with Crippen molar-refractivity contribution in [2.75, 3.05) is 4.90 Å². The van der Waals surface area contributed by atoms with Gasteiger partial charge in [0.1, 0.15) is 5.66 Å². The summed E-state index contributed by atoms with van der Waals surface area (Å²) in [6.07, 6.45) is 4.84. The molecule has 1 heterocycles. The molecule has 1 saturated carbocycles. The van der Waals surface area contributed by atoms with Gasteiger partial charge < -0.3 is 17.2 Å². The van der Waals surface area contributed by atoms with Crippen molar-refractivity contribution in [2.24, 2.45) is 27.2 Å². The van der Waals surface area contributed by atoms with E-state index in [1.54, 1.807) is 12.1 Å². The smallest absolute Gasteiger partial charge is 0.250 e. The monoisotopic (exact) mass is 300 g/mol. The Morgan fingerprint density at radius 3 is 2.50 bits per heavy atom. The lowest BCUT2D eigenvalue weighted by molar-refractivity contribution is 0.100. The minimum atomic E-state index is -0.570. The standard InChI is InChI=1S/C15H20N6O/c16-12(22)10-6-2-3-7-11(10)21-14(18)19-13(17)20-15(21)8-4-1-5-9-15/h2-3,6-7H,1,4-5,8-9H2,(H2,16,22)(H4,17,18,19,20). The van der Waals surface area contributed by atoms with Crippen LogP contribution in [0, 0.1) is 0 Å². The van der Waals surface area contributed by atoms with Crippen molar-refractivity contribution in [3.05, 3.63) is 29.8 Å². The van der Waals surface area contributed by atoms with Gasteiger partial charge in [0.05, 0.1) is 11.3 Å². The molecule has 116 valence electrons. The van der Waals surface area contributed by atoms with Crippen molar-refractivity contribution in [3.63, 3.8) is 0 Å². The van der Waals surface area contributed by atoms with E-state index in [0.29, 0.717) is 11.3 Å². The van der Waals surface area contributed by atoms with Gasteiger partial charge >= 0.3 is 0 Å². The molecule has 0 unspecified atom stereocenters. The Labute approximate surface area is 128 Å². The topological polar surface area (TPSA) is 123 Å². The average molecular weight is 300 g/mol. The molecule has 7 heteroatoms. The lowest BCUT2D eigenvalue weighted by Crippen LogP contribution is -2.58. The second-order valence-electron chi connectivity index (χ2n) is 5.70. The molecule has 0 aromatic heterocycles. The number of rotatable bonds is 2. The zero-order valence-electron chi connectivity index (χ0n) is 12.3. The first-order chi connectivity index (χ1) is 10.5. The van der Waals surface area contributed by atoms with E-state index < -0.39 is 11.6 Å². The second-order valence-corrected chi connectivity index (χ2v) is 5.70. The molecule has 1 aromatic rings. The normalized spacial score (nSPS) is 20.5. The molecule has 3 rings (SSSR count). The fourth-order valence-electron chi connectivity index (χ4n) is 3.35. The minimum absolute atomic E-state index is 0.187. The summed E-state index contributed by atoms with van der Waals surface area (Å²) >= 11 is 0. The van der Waals surface area contributed by atoms with E-state index in [0.717, 1.165) is 32.1 Å². The Kier molecular flexibility index (Phi) is 3.48. The second kappa shape index (κ2) is 5.32. The fraction of sp³-hybridized carbons (Fsp3) is 0.400. The molecule has 1 aliphatic carbocycles. The van der Waals surface area contributed by atoms with Crippen LogP contribution in [0.25, 0.3) is 0 Å². The number of amides is 1. The largest absolute Gasteiger partial charge is 0.369 e. The van der Waals surface area contributed by atoms with Crippen molar-refractivity contribution in [1.82, 2.24) is 0 Å². The van der Waals surface area contributed by atoms with Gasteiger partial charge in [-0.3, -0.25) is 9.69 Å². The van der Waals surface area contributed by atoms with Gasteiger partial charge in [-0.05, 0) is 37.8 Å². The van der Waals surface area contributed by atoms with Crippen LogP contribution < -0.4 is 22.1 Å². The van der Waals surface area contributed by atoms with Gasteiger partial charge in [-0.15, -0.1) is 0 Å². The molecular formula is C15H20N6O. The van der Waals surface area contributed by atoms with Crippen molar-refractivity contribution in [1.29, 1.82) is 0 Å². The third-order valence-electron chi connectivity index (χ3n) is 4.26. The van der Waals surface area contributed by atoms with Gasteiger partial charge in [-0.2, -0.15) is 4.99 Å². The molecule has 1 spiro atoms. The Bertz CT molecular complexity index is 660. The van der Waals surface area contributed by atoms with Crippen molar-refractivity contribution in [3.8, 4) is 0 Å². The molecule has 22 heavy (non-hydrogen) atoms. The third-order valence-corrected chi connectivity index (χ3v) is 4.26. The van der Waals surface area contributed by atoms with E-state index in [4.69, 9.17) is 17.2 Å². The number of nitrogens with zero attached hydrogens (tertiary/aromatic N) is 3. The maximum atomic E-state index is 11.8. The molecule has 1 amide bonds. The van der Waals surface area contributed by atoms with E-state index in [1.807, 2.05) is 17.0 Å². The molecule has 1 fully saturated rings. The number of para-hydroxylation sites is 1. The summed E-state index contributed by atoms with van der Waals surface area (Å²) in [5.41, 5.74) is 17.9. The van der Waals surface area contributed by atoms with Gasteiger partial charge in [0, 0.05) is 0 Å². The quantitative estimate of drug-likeness (QED) is 0.750. The number of aliphatic imine (C=N–C) groups is 2. The van der Waals surface area contributed by atoms with Crippen LogP contribution in [0.1, 0.15) is 42.5 Å². The highest BCUT2D eigenvalue weighted by Gasteiger charge is 2.43. The Balaban J connectivity index is 2.15. The highest BCUT2D eigenvalue weighted by molar-refractivity contribution is 6.09. The van der Waals surface area contributed by atoms with Crippen LogP contribution in [0.3, 0.4) is 0 Å². The molecule has 0 radical (unpaired) electrons. The number of primary amides is 1. The molecule has 1 aromatic carbocycles. The van der Waals surface area contributed by atoms with Gasteiger partial charge in [0.25, 0.3) is 5.91 Å². The fourth-order valence-corrected chi connectivity index (χ4v) is 3.35. The molecule has 6 N–H and O–H groups in total. The molecule has 7 nitrogen and oxygen atoms in total. The van der Waals surface area contributed by atoms with E-state index in [-0.39, 0.29) is 11.9 Å². The number of benzene rings is 1. The molecule has 0 atom stereocenters. The summed E-state index contributed by atoms with van der Waals surface area (Å²) in [7, 11) is 0. The maximum Gasteiger partial charge on any atom is 0.250 e. The van der Waals surface area contributed by atoms with Gasteiger partial charge in [0.2, 0.25) is 11.9 Å². The van der Waals surface area contributed by atoms with Crippen LogP contribution in [-0.4, -0.2) is 23.5 Å². The van der Waals surface area contributed by atoms with Crippen molar-refractivity contribution in [2.45, 2.75) is 37.8 Å². The number of guanidine groups is 2. The summed E-state index contributed by atoms with van der Waals surface area (Å²) in [6.45, 7) is 0. The first kappa shape index (κ1) is 14.4. The SMILES string of the molecule is NC(=O)c1ccccc1N1C(N)=NC(N)=NC12CCCCC2. The predicted molar refractivity (Wildman–Crippen MR) is 86.5 cm³/mol. The number of carbonyl (C=O) groups is 1. The lowest BCUT2D eigenvalue weighted by atomic mass is 9.87. The molecule has 0 saturated heterocycles. The van der Waals surface area contributed by atoms with E-state index in [9.17, 15) is 4.79 Å². The number of carbonyl (C=O) groups excluding carboxylic acids is 1. The van der Waals surface area contributed by atoms with Crippen LogP contribution in [0.2, 0.25) is 0 Å². The Morgan fingerprint density at radius 2 is 1.82 bits per heavy atom. The van der Waals surface area contributed by atoms with Crippen LogP contribution in [0.4, 0.5) is 5.69 Å². The first-order valence-corrected chi connectivity index (χ1v) is 7.42. The highest BCUT2D eigenvalue weighted by Crippen LogP contribution is 2.40. The number of nitrogens with two attached hydrogens (primary N) is 3. The molecule has 0 bridgehead atoms. The number of anilines is 1. The zero-order valence-corrected chi connectivity index (χ0v) is 12.3. The zero-order chi connectivity index (χ0) is 15.7. The van der Waals surface area contributed by atoms with Crippen LogP contribution in [-0.2, 0) is 0 Å². The predicted octanol–water partition coefficient (Wildman–Crippen LogP) is 0.895. The lowest BCUT2D eigenvalue weighted by Gasteiger charge is -2.46. The van der Waals surface area contributed by atoms with Crippen molar-refractivity contribution < 1.29 is 4.79 Å². The first-order valence-electron chi connectivity index (χ1n) is 7.42. The van der Waals surface area contributed by atoms with E-state index >= 15 is 0 Å². The summed E-state index contributed by atoms with van der Waals surface area (Å²) in [5, 5.41) is 0. The van der Waals surface area contributed by atoms with Gasteiger partial charge in [0.15, 0.2) is 0 Å². The summed E-state index contributed by atoms with van der Waals surface area (Å²) < 4.78 is 0. The summed E-state index contributed by atoms with van der Waals surface area (Å²) in [6, 6.07) is 7.11. The Hall–Kier alpha value is -2.57. The number of hydrogen-bond donors (Lipinski definition) is 3. The highest BCUT2D eigenvalue weighted by atomic mass is 16.1. The Morgan fingerprint density at radius 1 is 1.14 bits per heavy atom. The van der Waals surface area contributed by atoms with Gasteiger partial charge in [-0.25, -0.2) is 4.99 Å².